The van der Waals surface area contributed by atoms with Gasteiger partial charge in [0.2, 0.25) is 5.95 Å². The number of H-pyrrole nitrogens is 1. The number of allylic oxidation sites excluding steroid dienone is 2. The minimum atomic E-state index is -0.661. The minimum Gasteiger partial charge on any atom is -0.497 e. The molecule has 26 heavy (non-hydrogen) atoms. The number of hydrogen-bond donors (Lipinski definition) is 3. The lowest BCUT2D eigenvalue weighted by Crippen LogP contribution is -2.30. The number of nitrogens with two attached hydrogens (primary N) is 1. The summed E-state index contributed by atoms with van der Waals surface area (Å²) in [6, 6.07) is 5.24. The average molecular weight is 356 g/mol. The van der Waals surface area contributed by atoms with Crippen LogP contribution in [0.3, 0.4) is 0 Å². The van der Waals surface area contributed by atoms with E-state index >= 15 is 0 Å². The van der Waals surface area contributed by atoms with Gasteiger partial charge in [0.1, 0.15) is 17.3 Å². The molecule has 0 fully saturated rings. The lowest BCUT2D eigenvalue weighted by atomic mass is 9.80. The highest BCUT2D eigenvalue weighted by molar-refractivity contribution is 5.98. The molecule has 2 aromatic rings. The summed E-state index contributed by atoms with van der Waals surface area (Å²) in [7, 11) is 3.08. The smallest absolute Gasteiger partial charge is 0.258 e. The molecule has 1 aliphatic heterocycles. The molecule has 2 heterocycles. The summed E-state index contributed by atoms with van der Waals surface area (Å²) in [5, 5.41) is 3.01. The predicted octanol–water partition coefficient (Wildman–Crippen LogP) is 1.79. The number of hydrogen-bond acceptors (Lipinski definition) is 7. The summed E-state index contributed by atoms with van der Waals surface area (Å²) in [6.07, 6.45) is 0. The van der Waals surface area contributed by atoms with Crippen molar-refractivity contribution < 1.29 is 14.3 Å². The Morgan fingerprint density at radius 2 is 2.00 bits per heavy atom. The van der Waals surface area contributed by atoms with Crippen molar-refractivity contribution in [2.24, 2.45) is 0 Å². The van der Waals surface area contributed by atoms with Crippen LogP contribution < -0.4 is 26.1 Å². The van der Waals surface area contributed by atoms with E-state index in [2.05, 4.69) is 15.3 Å². The highest BCUT2D eigenvalue weighted by Gasteiger charge is 2.35. The monoisotopic (exact) mass is 356 g/mol. The number of aromatic nitrogens is 2. The molecule has 0 radical (unpaired) electrons. The van der Waals surface area contributed by atoms with Gasteiger partial charge in [0.15, 0.2) is 5.78 Å². The molecule has 4 N–H and O–H groups in total. The number of nitrogens with zero attached hydrogens (tertiary/aromatic N) is 1. The first-order valence-electron chi connectivity index (χ1n) is 7.97. The Balaban J connectivity index is 2.37. The van der Waals surface area contributed by atoms with Gasteiger partial charge in [-0.2, -0.15) is 4.98 Å². The minimum absolute atomic E-state index is 0.00307. The zero-order valence-corrected chi connectivity index (χ0v) is 15.0. The fourth-order valence-corrected chi connectivity index (χ4v) is 3.31. The number of benzene rings is 1. The summed E-state index contributed by atoms with van der Waals surface area (Å²) in [5.41, 5.74) is 7.27. The van der Waals surface area contributed by atoms with Crippen molar-refractivity contribution in [2.45, 2.75) is 19.8 Å². The van der Waals surface area contributed by atoms with E-state index in [0.717, 1.165) is 0 Å². The number of carbonyl (C=O) groups is 1. The average Bonchev–Trinajstić information content (AvgIpc) is 2.59. The predicted molar refractivity (Wildman–Crippen MR) is 97.7 cm³/mol. The van der Waals surface area contributed by atoms with Gasteiger partial charge in [-0.25, -0.2) is 0 Å². The van der Waals surface area contributed by atoms with Gasteiger partial charge in [0, 0.05) is 16.8 Å². The normalized spacial score (nSPS) is 15.9. The number of Topliss-reactive ketones (excluding diaryl/α,β-unsaturated/α-hetero) is 1. The van der Waals surface area contributed by atoms with Gasteiger partial charge >= 0.3 is 0 Å². The quantitative estimate of drug-likeness (QED) is 0.764. The second kappa shape index (κ2) is 6.55. The van der Waals surface area contributed by atoms with Gasteiger partial charge in [-0.05, 0) is 32.0 Å². The van der Waals surface area contributed by atoms with Crippen LogP contribution in [-0.4, -0.2) is 30.0 Å². The summed E-state index contributed by atoms with van der Waals surface area (Å²) in [6.45, 7) is 3.22. The second-order valence-corrected chi connectivity index (χ2v) is 5.97. The van der Waals surface area contributed by atoms with Crippen molar-refractivity contribution in [3.8, 4) is 11.5 Å². The largest absolute Gasteiger partial charge is 0.497 e. The molecule has 1 atom stereocenters. The van der Waals surface area contributed by atoms with E-state index in [4.69, 9.17) is 15.2 Å². The Hall–Kier alpha value is -3.29. The third-order valence-electron chi connectivity index (χ3n) is 4.39. The Labute approximate surface area is 150 Å². The Morgan fingerprint density at radius 1 is 1.27 bits per heavy atom. The number of ketones is 1. The first kappa shape index (κ1) is 17.5. The first-order chi connectivity index (χ1) is 12.4. The molecule has 0 saturated heterocycles. The zero-order valence-electron chi connectivity index (χ0n) is 15.0. The van der Waals surface area contributed by atoms with Crippen molar-refractivity contribution in [2.75, 3.05) is 25.3 Å². The fraction of sp³-hybridized carbons (Fsp3) is 0.278. The van der Waals surface area contributed by atoms with Crippen LogP contribution in [-0.2, 0) is 4.79 Å². The van der Waals surface area contributed by atoms with Gasteiger partial charge in [-0.1, -0.05) is 0 Å². The van der Waals surface area contributed by atoms with E-state index in [9.17, 15) is 9.59 Å². The van der Waals surface area contributed by atoms with E-state index in [1.54, 1.807) is 32.2 Å². The summed E-state index contributed by atoms with van der Waals surface area (Å²) >= 11 is 0. The second-order valence-electron chi connectivity index (χ2n) is 5.97. The number of anilines is 2. The van der Waals surface area contributed by atoms with Crippen LogP contribution >= 0.6 is 0 Å². The highest BCUT2D eigenvalue weighted by Crippen LogP contribution is 2.43. The van der Waals surface area contributed by atoms with Crippen LogP contribution in [0.25, 0.3) is 0 Å². The van der Waals surface area contributed by atoms with E-state index in [-0.39, 0.29) is 11.7 Å². The van der Waals surface area contributed by atoms with Crippen LogP contribution in [0.5, 0.6) is 11.5 Å². The maximum atomic E-state index is 12.7. The Bertz CT molecular complexity index is 978. The number of ether oxygens (including phenoxy) is 2. The molecule has 8 nitrogen and oxygen atoms in total. The van der Waals surface area contributed by atoms with E-state index < -0.39 is 11.5 Å². The standard InChI is InChI=1S/C18H20N4O4/c1-8-13(9(2)23)14(11-7-10(25-3)5-6-12(11)26-4)15-16(20-8)21-18(19)22-17(15)24/h5-7,14H,1-4H3,(H4,19,20,21,22,24). The molecule has 0 saturated carbocycles. The van der Waals surface area contributed by atoms with E-state index in [1.807, 2.05) is 0 Å². The molecular weight excluding hydrogens is 336 g/mol. The van der Waals surface area contributed by atoms with E-state index in [1.165, 1.54) is 14.0 Å². The molecule has 8 heteroatoms. The number of methoxy groups -OCH3 is 2. The summed E-state index contributed by atoms with van der Waals surface area (Å²) in [5.74, 6) is 0.616. The third kappa shape index (κ3) is 2.79. The maximum absolute atomic E-state index is 12.7. The fourth-order valence-electron chi connectivity index (χ4n) is 3.31. The number of aromatic amines is 1. The van der Waals surface area contributed by atoms with Crippen molar-refractivity contribution in [1.82, 2.24) is 9.97 Å². The number of rotatable bonds is 4. The molecular formula is C18H20N4O4. The van der Waals surface area contributed by atoms with Crippen molar-refractivity contribution in [1.29, 1.82) is 0 Å². The number of carbonyl (C=O) groups excluding carboxylic acids is 1. The number of nitrogens with one attached hydrogen (secondary N) is 2. The molecule has 136 valence electrons. The lowest BCUT2D eigenvalue weighted by molar-refractivity contribution is -0.113. The molecule has 1 aliphatic rings. The van der Waals surface area contributed by atoms with Crippen molar-refractivity contribution >= 4 is 17.5 Å². The molecule has 0 bridgehead atoms. The third-order valence-corrected chi connectivity index (χ3v) is 4.39. The molecule has 0 amide bonds. The van der Waals surface area contributed by atoms with Crippen molar-refractivity contribution in [3.05, 3.63) is 50.9 Å². The van der Waals surface area contributed by atoms with Gasteiger partial charge in [-0.15, -0.1) is 0 Å². The molecule has 1 aromatic carbocycles. The zero-order chi connectivity index (χ0) is 19.0. The van der Waals surface area contributed by atoms with E-state index in [0.29, 0.717) is 39.7 Å². The van der Waals surface area contributed by atoms with Crippen LogP contribution in [0.2, 0.25) is 0 Å². The van der Waals surface area contributed by atoms with Gasteiger partial charge in [-0.3, -0.25) is 14.6 Å². The first-order valence-corrected chi connectivity index (χ1v) is 7.97. The van der Waals surface area contributed by atoms with Gasteiger partial charge < -0.3 is 20.5 Å². The van der Waals surface area contributed by atoms with Crippen LogP contribution in [0.4, 0.5) is 11.8 Å². The van der Waals surface area contributed by atoms with Crippen molar-refractivity contribution in [3.63, 3.8) is 0 Å². The molecule has 3 rings (SSSR count). The van der Waals surface area contributed by atoms with Crippen LogP contribution in [0.15, 0.2) is 34.3 Å². The molecule has 1 aromatic heterocycles. The Kier molecular flexibility index (Phi) is 4.41. The maximum Gasteiger partial charge on any atom is 0.258 e. The molecule has 0 spiro atoms. The molecule has 1 unspecified atom stereocenters. The van der Waals surface area contributed by atoms with Crippen LogP contribution in [0, 0.1) is 0 Å². The summed E-state index contributed by atoms with van der Waals surface area (Å²) in [4.78, 5) is 31.8. The topological polar surface area (TPSA) is 119 Å². The SMILES string of the molecule is COc1ccc(OC)c(C2C(C(C)=O)=C(C)Nc3nc(N)[nH]c(=O)c32)c1. The molecule has 0 aliphatic carbocycles. The lowest BCUT2D eigenvalue weighted by Gasteiger charge is -2.29. The summed E-state index contributed by atoms with van der Waals surface area (Å²) < 4.78 is 10.8. The van der Waals surface area contributed by atoms with Gasteiger partial charge in [0.05, 0.1) is 25.7 Å². The van der Waals surface area contributed by atoms with Crippen LogP contribution in [0.1, 0.15) is 30.9 Å². The number of fused-ring (bicyclic) bond motifs is 1. The Morgan fingerprint density at radius 3 is 2.62 bits per heavy atom. The highest BCUT2D eigenvalue weighted by atomic mass is 16.5. The van der Waals surface area contributed by atoms with Gasteiger partial charge in [0.25, 0.3) is 5.56 Å². The number of nitrogen functional groups attached to an aromatic ring is 1.